The average Bonchev–Trinajstić information content (AvgIpc) is 2.96. The number of benzene rings is 1. The zero-order valence-electron chi connectivity index (χ0n) is 17.7. The Labute approximate surface area is 178 Å². The predicted octanol–water partition coefficient (Wildman–Crippen LogP) is 4.03. The molecule has 0 spiro atoms. The number of pyridine rings is 1. The largest absolute Gasteiger partial charge is 0.456 e. The van der Waals surface area contributed by atoms with Crippen LogP contribution in [0.1, 0.15) is 56.1 Å². The molecule has 1 saturated heterocycles. The van der Waals surface area contributed by atoms with Crippen LogP contribution in [0.25, 0.3) is 0 Å². The summed E-state index contributed by atoms with van der Waals surface area (Å²) < 4.78 is 33.9. The molecule has 30 heavy (non-hydrogen) atoms. The van der Waals surface area contributed by atoms with E-state index in [9.17, 15) is 13.2 Å². The maximum Gasteiger partial charge on any atom is 0.338 e. The SMILES string of the molecule is CC1(C)CC2CC(C)(CN2S(=O)(=O)c2cccc(C(=O)OCc3ccccn3)c2)C1. The van der Waals surface area contributed by atoms with Gasteiger partial charge in [0.05, 0.1) is 16.2 Å². The van der Waals surface area contributed by atoms with Crippen LogP contribution in [0.5, 0.6) is 0 Å². The Balaban J connectivity index is 1.54. The van der Waals surface area contributed by atoms with Crippen molar-refractivity contribution in [3.05, 3.63) is 59.9 Å². The van der Waals surface area contributed by atoms with Crippen molar-refractivity contribution in [2.45, 2.75) is 57.6 Å². The number of rotatable bonds is 5. The Bertz CT molecular complexity index is 1050. The van der Waals surface area contributed by atoms with E-state index in [2.05, 4.69) is 25.8 Å². The summed E-state index contributed by atoms with van der Waals surface area (Å²) in [5, 5.41) is 0. The Morgan fingerprint density at radius 2 is 1.97 bits per heavy atom. The van der Waals surface area contributed by atoms with Gasteiger partial charge in [-0.2, -0.15) is 4.31 Å². The van der Waals surface area contributed by atoms with Gasteiger partial charge in [0, 0.05) is 18.8 Å². The van der Waals surface area contributed by atoms with E-state index in [0.29, 0.717) is 12.2 Å². The van der Waals surface area contributed by atoms with Gasteiger partial charge in [-0.3, -0.25) is 4.98 Å². The molecular formula is C23H28N2O4S. The molecule has 2 heterocycles. The second-order valence-electron chi connectivity index (χ2n) is 9.69. The molecule has 2 aliphatic rings. The van der Waals surface area contributed by atoms with Gasteiger partial charge in [-0.05, 0) is 60.4 Å². The van der Waals surface area contributed by atoms with Crippen LogP contribution in [-0.2, 0) is 21.4 Å². The Kier molecular flexibility index (Phi) is 5.22. The van der Waals surface area contributed by atoms with Gasteiger partial charge >= 0.3 is 5.97 Å². The number of hydrogen-bond donors (Lipinski definition) is 0. The van der Waals surface area contributed by atoms with E-state index in [-0.39, 0.29) is 33.9 Å². The minimum Gasteiger partial charge on any atom is -0.456 e. The van der Waals surface area contributed by atoms with E-state index < -0.39 is 16.0 Å². The van der Waals surface area contributed by atoms with Crippen molar-refractivity contribution >= 4 is 16.0 Å². The van der Waals surface area contributed by atoms with Crippen LogP contribution in [0.3, 0.4) is 0 Å². The van der Waals surface area contributed by atoms with Crippen molar-refractivity contribution in [1.82, 2.24) is 9.29 Å². The minimum atomic E-state index is -3.69. The lowest BCUT2D eigenvalue weighted by atomic mass is 9.65. The van der Waals surface area contributed by atoms with Crippen LogP contribution >= 0.6 is 0 Å². The first-order chi connectivity index (χ1) is 14.1. The first kappa shape index (κ1) is 21.0. The number of carbonyl (C=O) groups excluding carboxylic acids is 1. The second-order valence-corrected chi connectivity index (χ2v) is 11.6. The number of aromatic nitrogens is 1. The topological polar surface area (TPSA) is 76.6 Å². The van der Waals surface area contributed by atoms with Crippen molar-refractivity contribution in [2.24, 2.45) is 10.8 Å². The molecule has 0 N–H and O–H groups in total. The fraction of sp³-hybridized carbons (Fsp3) is 0.478. The summed E-state index contributed by atoms with van der Waals surface area (Å²) in [6.45, 7) is 7.18. The average molecular weight is 429 g/mol. The predicted molar refractivity (Wildman–Crippen MR) is 113 cm³/mol. The Hall–Kier alpha value is -2.25. The third kappa shape index (κ3) is 4.14. The third-order valence-electron chi connectivity index (χ3n) is 6.12. The standard InChI is InChI=1S/C23H28N2O4S/c1-22(2)12-19-13-23(3,15-22)16-25(19)30(27,28)20-9-6-7-17(11-20)21(26)29-14-18-8-4-5-10-24-18/h4-11,19H,12-16H2,1-3H3. The molecule has 6 nitrogen and oxygen atoms in total. The number of ether oxygens (including phenoxy) is 1. The zero-order valence-corrected chi connectivity index (χ0v) is 18.5. The molecule has 2 bridgehead atoms. The van der Waals surface area contributed by atoms with E-state index >= 15 is 0 Å². The Morgan fingerprint density at radius 1 is 1.17 bits per heavy atom. The molecule has 2 unspecified atom stereocenters. The lowest BCUT2D eigenvalue weighted by Gasteiger charge is -2.39. The van der Waals surface area contributed by atoms with Gasteiger partial charge in [-0.1, -0.05) is 32.9 Å². The molecule has 2 fully saturated rings. The molecular weight excluding hydrogens is 400 g/mol. The normalized spacial score (nSPS) is 25.8. The molecule has 1 aliphatic heterocycles. The third-order valence-corrected chi connectivity index (χ3v) is 8.01. The van der Waals surface area contributed by atoms with Crippen LogP contribution in [0, 0.1) is 10.8 Å². The lowest BCUT2D eigenvalue weighted by Crippen LogP contribution is -2.37. The summed E-state index contributed by atoms with van der Waals surface area (Å²) >= 11 is 0. The highest BCUT2D eigenvalue weighted by molar-refractivity contribution is 7.89. The molecule has 4 rings (SSSR count). The smallest absolute Gasteiger partial charge is 0.338 e. The van der Waals surface area contributed by atoms with E-state index in [1.54, 1.807) is 40.8 Å². The van der Waals surface area contributed by atoms with Gasteiger partial charge in [0.2, 0.25) is 10.0 Å². The Morgan fingerprint density at radius 3 is 2.70 bits per heavy atom. The van der Waals surface area contributed by atoms with Gasteiger partial charge in [0.15, 0.2) is 0 Å². The van der Waals surface area contributed by atoms with Gasteiger partial charge in [0.1, 0.15) is 6.61 Å². The highest BCUT2D eigenvalue weighted by atomic mass is 32.2. The molecule has 0 radical (unpaired) electrons. The number of carbonyl (C=O) groups is 1. The molecule has 1 aromatic heterocycles. The summed E-state index contributed by atoms with van der Waals surface area (Å²) in [5.41, 5.74) is 0.980. The lowest BCUT2D eigenvalue weighted by molar-refractivity contribution is 0.0467. The molecule has 0 amide bonds. The molecule has 2 atom stereocenters. The van der Waals surface area contributed by atoms with Gasteiger partial charge in [0.25, 0.3) is 0 Å². The maximum atomic E-state index is 13.4. The van der Waals surface area contributed by atoms with E-state index in [1.807, 2.05) is 6.07 Å². The summed E-state index contributed by atoms with van der Waals surface area (Å²) in [7, 11) is -3.69. The molecule has 1 aliphatic carbocycles. The summed E-state index contributed by atoms with van der Waals surface area (Å²) in [6, 6.07) is 11.5. The highest BCUT2D eigenvalue weighted by Gasteiger charge is 2.53. The quantitative estimate of drug-likeness (QED) is 0.672. The van der Waals surface area contributed by atoms with Gasteiger partial charge in [-0.15, -0.1) is 0 Å². The van der Waals surface area contributed by atoms with Crippen molar-refractivity contribution in [3.63, 3.8) is 0 Å². The molecule has 1 saturated carbocycles. The number of sulfonamides is 1. The van der Waals surface area contributed by atoms with Crippen molar-refractivity contribution in [2.75, 3.05) is 6.54 Å². The van der Waals surface area contributed by atoms with Crippen molar-refractivity contribution < 1.29 is 17.9 Å². The summed E-state index contributed by atoms with van der Waals surface area (Å²) in [5.74, 6) is -0.564. The second kappa shape index (κ2) is 7.46. The number of esters is 1. The van der Waals surface area contributed by atoms with Crippen molar-refractivity contribution in [3.8, 4) is 0 Å². The first-order valence-electron chi connectivity index (χ1n) is 10.3. The zero-order chi connectivity index (χ0) is 21.6. The van der Waals surface area contributed by atoms with Crippen LogP contribution in [-0.4, -0.2) is 36.3 Å². The van der Waals surface area contributed by atoms with Crippen molar-refractivity contribution in [1.29, 1.82) is 0 Å². The van der Waals surface area contributed by atoms with Crippen LogP contribution < -0.4 is 0 Å². The molecule has 7 heteroatoms. The molecule has 160 valence electrons. The fourth-order valence-corrected chi connectivity index (χ4v) is 7.13. The maximum absolute atomic E-state index is 13.4. The van der Waals surface area contributed by atoms with E-state index in [1.165, 1.54) is 6.07 Å². The highest BCUT2D eigenvalue weighted by Crippen LogP contribution is 2.53. The van der Waals surface area contributed by atoms with Gasteiger partial charge < -0.3 is 4.74 Å². The summed E-state index contributed by atoms with van der Waals surface area (Å²) in [4.78, 5) is 16.7. The molecule has 1 aromatic carbocycles. The fourth-order valence-electron chi connectivity index (χ4n) is 5.31. The van der Waals surface area contributed by atoms with E-state index in [4.69, 9.17) is 4.74 Å². The number of nitrogens with zero attached hydrogens (tertiary/aromatic N) is 2. The first-order valence-corrected chi connectivity index (χ1v) is 11.7. The van der Waals surface area contributed by atoms with Crippen LogP contribution in [0.4, 0.5) is 0 Å². The van der Waals surface area contributed by atoms with Gasteiger partial charge in [-0.25, -0.2) is 13.2 Å². The number of hydrogen-bond acceptors (Lipinski definition) is 5. The van der Waals surface area contributed by atoms with Crippen LogP contribution in [0.2, 0.25) is 0 Å². The van der Waals surface area contributed by atoms with Crippen LogP contribution in [0.15, 0.2) is 53.6 Å². The monoisotopic (exact) mass is 428 g/mol. The minimum absolute atomic E-state index is 0.00128. The van der Waals surface area contributed by atoms with E-state index in [0.717, 1.165) is 19.3 Å². The molecule has 2 aromatic rings. The number of fused-ring (bicyclic) bond motifs is 2. The summed E-state index contributed by atoms with van der Waals surface area (Å²) in [6.07, 6.45) is 4.39.